The van der Waals surface area contributed by atoms with E-state index in [1.165, 1.54) is 12.1 Å². The number of rotatable bonds is 8. The van der Waals surface area contributed by atoms with Gasteiger partial charge in [-0.25, -0.2) is 18.4 Å². The Hall–Kier alpha value is -3.66. The molecule has 0 aliphatic heterocycles. The molecule has 0 saturated heterocycles. The van der Waals surface area contributed by atoms with Crippen molar-refractivity contribution in [2.75, 3.05) is 24.0 Å². The van der Waals surface area contributed by atoms with Crippen molar-refractivity contribution in [1.29, 1.82) is 0 Å². The van der Waals surface area contributed by atoms with E-state index in [-0.39, 0.29) is 16.4 Å². The summed E-state index contributed by atoms with van der Waals surface area (Å²) in [6, 6.07) is 13.4. The molecule has 3 aromatic rings. The molecule has 0 aliphatic carbocycles. The van der Waals surface area contributed by atoms with Gasteiger partial charge in [0.1, 0.15) is 5.75 Å². The van der Waals surface area contributed by atoms with E-state index < -0.39 is 15.7 Å². The SMILES string of the molecule is CCc1nc(C(N)=O)c(Nc2cccc(S(C)(=O)=O)c2)nc1Nc1ccc(OC)cc1. The highest BCUT2D eigenvalue weighted by molar-refractivity contribution is 7.90. The summed E-state index contributed by atoms with van der Waals surface area (Å²) < 4.78 is 28.9. The molecule has 0 saturated carbocycles. The minimum atomic E-state index is -3.40. The third-order valence-corrected chi connectivity index (χ3v) is 5.52. The van der Waals surface area contributed by atoms with Gasteiger partial charge in [-0.05, 0) is 48.9 Å². The lowest BCUT2D eigenvalue weighted by Gasteiger charge is -2.15. The number of hydrogen-bond donors (Lipinski definition) is 3. The van der Waals surface area contributed by atoms with E-state index in [2.05, 4.69) is 20.6 Å². The number of amides is 1. The molecule has 31 heavy (non-hydrogen) atoms. The van der Waals surface area contributed by atoms with Gasteiger partial charge in [0.25, 0.3) is 5.91 Å². The second kappa shape index (κ2) is 9.00. The third-order valence-electron chi connectivity index (χ3n) is 4.41. The molecule has 10 heteroatoms. The van der Waals surface area contributed by atoms with Crippen LogP contribution in [0.25, 0.3) is 0 Å². The Kier molecular flexibility index (Phi) is 6.40. The van der Waals surface area contributed by atoms with Gasteiger partial charge in [-0.1, -0.05) is 13.0 Å². The van der Waals surface area contributed by atoms with Gasteiger partial charge in [0, 0.05) is 17.6 Å². The van der Waals surface area contributed by atoms with Gasteiger partial charge >= 0.3 is 0 Å². The second-order valence-electron chi connectivity index (χ2n) is 6.71. The molecule has 162 valence electrons. The number of nitrogens with zero attached hydrogens (tertiary/aromatic N) is 2. The average molecular weight is 442 g/mol. The van der Waals surface area contributed by atoms with Crippen molar-refractivity contribution in [3.63, 3.8) is 0 Å². The maximum atomic E-state index is 12.0. The quantitative estimate of drug-likeness (QED) is 0.485. The molecule has 0 atom stereocenters. The van der Waals surface area contributed by atoms with Crippen LogP contribution in [0.4, 0.5) is 23.0 Å². The van der Waals surface area contributed by atoms with Crippen molar-refractivity contribution < 1.29 is 17.9 Å². The summed E-state index contributed by atoms with van der Waals surface area (Å²) in [7, 11) is -1.81. The zero-order valence-corrected chi connectivity index (χ0v) is 18.2. The van der Waals surface area contributed by atoms with Crippen LogP contribution in [-0.2, 0) is 16.3 Å². The fourth-order valence-electron chi connectivity index (χ4n) is 2.83. The van der Waals surface area contributed by atoms with E-state index in [0.29, 0.717) is 29.4 Å². The van der Waals surface area contributed by atoms with Crippen molar-refractivity contribution in [3.05, 3.63) is 59.9 Å². The number of primary amides is 1. The molecule has 0 spiro atoms. The molecule has 0 fully saturated rings. The summed E-state index contributed by atoms with van der Waals surface area (Å²) in [4.78, 5) is 21.0. The van der Waals surface area contributed by atoms with Crippen molar-refractivity contribution in [2.45, 2.75) is 18.2 Å². The number of aryl methyl sites for hydroxylation is 1. The highest BCUT2D eigenvalue weighted by Gasteiger charge is 2.18. The molecular formula is C21H23N5O4S. The largest absolute Gasteiger partial charge is 0.497 e. The van der Waals surface area contributed by atoms with E-state index >= 15 is 0 Å². The normalized spacial score (nSPS) is 11.1. The number of hydrogen-bond acceptors (Lipinski definition) is 8. The lowest BCUT2D eigenvalue weighted by atomic mass is 10.2. The molecule has 0 bridgehead atoms. The summed E-state index contributed by atoms with van der Waals surface area (Å²) in [5.74, 6) is 0.523. The number of benzene rings is 2. The van der Waals surface area contributed by atoms with Crippen LogP contribution in [-0.4, -0.2) is 37.7 Å². The van der Waals surface area contributed by atoms with Gasteiger partial charge in [0.05, 0.1) is 17.7 Å². The van der Waals surface area contributed by atoms with Crippen LogP contribution >= 0.6 is 0 Å². The van der Waals surface area contributed by atoms with Crippen molar-refractivity contribution in [3.8, 4) is 5.75 Å². The first-order valence-corrected chi connectivity index (χ1v) is 11.3. The Morgan fingerprint density at radius 3 is 2.29 bits per heavy atom. The average Bonchev–Trinajstić information content (AvgIpc) is 2.74. The molecule has 1 heterocycles. The van der Waals surface area contributed by atoms with Crippen molar-refractivity contribution >= 4 is 38.8 Å². The van der Waals surface area contributed by atoms with Gasteiger partial charge in [0.15, 0.2) is 27.2 Å². The minimum absolute atomic E-state index is 0.0399. The first kappa shape index (κ1) is 22.0. The Bertz CT molecular complexity index is 1210. The monoisotopic (exact) mass is 441 g/mol. The van der Waals surface area contributed by atoms with E-state index in [4.69, 9.17) is 10.5 Å². The summed E-state index contributed by atoms with van der Waals surface area (Å²) in [6.45, 7) is 1.89. The predicted octanol–water partition coefficient (Wildman–Crippen LogP) is 3.04. The maximum absolute atomic E-state index is 12.0. The molecular weight excluding hydrogens is 418 g/mol. The maximum Gasteiger partial charge on any atom is 0.271 e. The molecule has 1 aromatic heterocycles. The minimum Gasteiger partial charge on any atom is -0.497 e. The van der Waals surface area contributed by atoms with Gasteiger partial charge in [0.2, 0.25) is 0 Å². The lowest BCUT2D eigenvalue weighted by Crippen LogP contribution is -2.19. The number of ether oxygens (including phenoxy) is 1. The summed E-state index contributed by atoms with van der Waals surface area (Å²) in [6.07, 6.45) is 1.63. The number of aromatic nitrogens is 2. The first-order chi connectivity index (χ1) is 14.7. The van der Waals surface area contributed by atoms with Gasteiger partial charge in [-0.15, -0.1) is 0 Å². The van der Waals surface area contributed by atoms with E-state index in [9.17, 15) is 13.2 Å². The third kappa shape index (κ3) is 5.28. The molecule has 3 rings (SSSR count). The summed E-state index contributed by atoms with van der Waals surface area (Å²) in [5, 5.41) is 6.15. The molecule has 4 N–H and O–H groups in total. The van der Waals surface area contributed by atoms with Gasteiger partial charge in [-0.3, -0.25) is 4.79 Å². The van der Waals surface area contributed by atoms with Crippen molar-refractivity contribution in [2.24, 2.45) is 5.73 Å². The molecule has 0 radical (unpaired) electrons. The Labute approximate surface area is 180 Å². The van der Waals surface area contributed by atoms with E-state index in [1.807, 2.05) is 19.1 Å². The van der Waals surface area contributed by atoms with Crippen LogP contribution in [0.3, 0.4) is 0 Å². The first-order valence-electron chi connectivity index (χ1n) is 9.40. The van der Waals surface area contributed by atoms with Gasteiger partial charge < -0.3 is 21.1 Å². The zero-order chi connectivity index (χ0) is 22.6. The number of nitrogens with one attached hydrogen (secondary N) is 2. The lowest BCUT2D eigenvalue weighted by molar-refractivity contribution is 0.0996. The number of sulfone groups is 1. The predicted molar refractivity (Wildman–Crippen MR) is 119 cm³/mol. The number of nitrogens with two attached hydrogens (primary N) is 1. The highest BCUT2D eigenvalue weighted by Crippen LogP contribution is 2.26. The number of methoxy groups -OCH3 is 1. The van der Waals surface area contributed by atoms with Crippen LogP contribution in [0, 0.1) is 0 Å². The van der Waals surface area contributed by atoms with Gasteiger partial charge in [-0.2, -0.15) is 0 Å². The molecule has 9 nitrogen and oxygen atoms in total. The van der Waals surface area contributed by atoms with Crippen LogP contribution in [0.2, 0.25) is 0 Å². The fourth-order valence-corrected chi connectivity index (χ4v) is 3.49. The number of carbonyl (C=O) groups excluding carboxylic acids is 1. The Morgan fingerprint density at radius 2 is 1.71 bits per heavy atom. The Balaban J connectivity index is 2.02. The smallest absolute Gasteiger partial charge is 0.271 e. The molecule has 0 unspecified atom stereocenters. The van der Waals surface area contributed by atoms with E-state index in [1.54, 1.807) is 31.4 Å². The Morgan fingerprint density at radius 1 is 1.03 bits per heavy atom. The molecule has 2 aromatic carbocycles. The summed E-state index contributed by atoms with van der Waals surface area (Å²) in [5.41, 5.74) is 7.21. The van der Waals surface area contributed by atoms with E-state index in [0.717, 1.165) is 11.9 Å². The highest BCUT2D eigenvalue weighted by atomic mass is 32.2. The second-order valence-corrected chi connectivity index (χ2v) is 8.73. The fraction of sp³-hybridized carbons (Fsp3) is 0.190. The van der Waals surface area contributed by atoms with Crippen molar-refractivity contribution in [1.82, 2.24) is 9.97 Å². The number of carbonyl (C=O) groups is 1. The van der Waals surface area contributed by atoms with Crippen LogP contribution < -0.4 is 21.1 Å². The zero-order valence-electron chi connectivity index (χ0n) is 17.3. The topological polar surface area (TPSA) is 136 Å². The number of anilines is 4. The molecule has 1 amide bonds. The van der Waals surface area contributed by atoms with Crippen LogP contribution in [0.1, 0.15) is 23.1 Å². The van der Waals surface area contributed by atoms with Crippen LogP contribution in [0.15, 0.2) is 53.4 Å². The summed E-state index contributed by atoms with van der Waals surface area (Å²) >= 11 is 0. The standard InChI is InChI=1S/C21H23N5O4S/c1-4-17-20(23-13-8-10-15(30-2)11-9-13)26-21(18(25-17)19(22)27)24-14-6-5-7-16(12-14)31(3,28)29/h5-12H,4H2,1-3H3,(H2,22,27)(H2,23,24,26). The molecule has 0 aliphatic rings. The van der Waals surface area contributed by atoms with Crippen LogP contribution in [0.5, 0.6) is 5.75 Å².